The van der Waals surface area contributed by atoms with Crippen molar-refractivity contribution in [3.63, 3.8) is 0 Å². The van der Waals surface area contributed by atoms with Gasteiger partial charge in [0.1, 0.15) is 25.5 Å². The molecule has 0 spiro atoms. The number of carbonyl (C=O) groups is 2. The molecule has 1 aromatic carbocycles. The maximum absolute atomic E-state index is 11.7. The van der Waals surface area contributed by atoms with E-state index in [0.717, 1.165) is 6.26 Å². The van der Waals surface area contributed by atoms with Crippen LogP contribution in [0.5, 0.6) is 0 Å². The molecule has 0 unspecified atom stereocenters. The van der Waals surface area contributed by atoms with Gasteiger partial charge in [-0.3, -0.25) is 4.79 Å². The lowest BCUT2D eigenvalue weighted by molar-refractivity contribution is -0.148. The fourth-order valence-corrected chi connectivity index (χ4v) is 1.78. The number of hydrogen-bond donors (Lipinski definition) is 1. The van der Waals surface area contributed by atoms with Crippen LogP contribution in [0.15, 0.2) is 30.2 Å². The first kappa shape index (κ1) is 15.7. The average Bonchev–Trinajstić information content (AvgIpc) is 2.53. The van der Waals surface area contributed by atoms with Crippen molar-refractivity contribution in [2.45, 2.75) is 0 Å². The first-order valence-corrected chi connectivity index (χ1v) is 6.59. The number of esters is 1. The van der Waals surface area contributed by atoms with Crippen LogP contribution in [0.25, 0.3) is 0 Å². The van der Waals surface area contributed by atoms with Crippen LogP contribution in [0.4, 0.5) is 5.69 Å². The summed E-state index contributed by atoms with van der Waals surface area (Å²) in [5.74, 6) is -1.42. The van der Waals surface area contributed by atoms with Gasteiger partial charge in [0.15, 0.2) is 6.61 Å². The van der Waals surface area contributed by atoms with Crippen molar-refractivity contribution in [1.82, 2.24) is 0 Å². The van der Waals surface area contributed by atoms with Gasteiger partial charge in [-0.1, -0.05) is 11.6 Å². The van der Waals surface area contributed by atoms with Gasteiger partial charge in [-0.15, -0.1) is 0 Å². The molecule has 0 saturated heterocycles. The van der Waals surface area contributed by atoms with Crippen molar-refractivity contribution in [1.29, 1.82) is 5.26 Å². The first-order valence-electron chi connectivity index (χ1n) is 6.21. The Bertz CT molecular complexity index is 666. The van der Waals surface area contributed by atoms with E-state index < -0.39 is 18.5 Å². The van der Waals surface area contributed by atoms with E-state index in [1.54, 1.807) is 0 Å². The zero-order valence-electron chi connectivity index (χ0n) is 11.3. The highest BCUT2D eigenvalue weighted by Crippen LogP contribution is 2.20. The summed E-state index contributed by atoms with van der Waals surface area (Å²) in [5, 5.41) is 11.5. The summed E-state index contributed by atoms with van der Waals surface area (Å²) in [6.45, 7) is 0.116. The zero-order valence-corrected chi connectivity index (χ0v) is 12.1. The van der Waals surface area contributed by atoms with Gasteiger partial charge < -0.3 is 19.5 Å². The second-order valence-electron chi connectivity index (χ2n) is 4.13. The maximum atomic E-state index is 11.7. The third-order valence-corrected chi connectivity index (χ3v) is 2.87. The number of rotatable bonds is 4. The summed E-state index contributed by atoms with van der Waals surface area (Å²) in [4.78, 5) is 23.2. The number of benzene rings is 1. The molecule has 0 saturated carbocycles. The third kappa shape index (κ3) is 4.14. The second-order valence-corrected chi connectivity index (χ2v) is 4.54. The van der Waals surface area contributed by atoms with E-state index in [4.69, 9.17) is 31.1 Å². The second kappa shape index (κ2) is 7.33. The van der Waals surface area contributed by atoms with E-state index in [2.05, 4.69) is 5.32 Å². The van der Waals surface area contributed by atoms with E-state index in [1.165, 1.54) is 18.2 Å². The van der Waals surface area contributed by atoms with Crippen molar-refractivity contribution in [3.05, 3.63) is 40.8 Å². The Morgan fingerprint density at radius 3 is 2.86 bits per heavy atom. The van der Waals surface area contributed by atoms with Crippen LogP contribution in [0.3, 0.4) is 0 Å². The first-order chi connectivity index (χ1) is 10.6. The lowest BCUT2D eigenvalue weighted by Crippen LogP contribution is -2.23. The number of carbonyl (C=O) groups excluding carboxylic acids is 2. The minimum atomic E-state index is -0.785. The highest BCUT2D eigenvalue weighted by molar-refractivity contribution is 6.32. The SMILES string of the molecule is N#Cc1ccc(NC(=O)COC(=O)C2=COCCO2)cc1Cl. The van der Waals surface area contributed by atoms with Crippen molar-refractivity contribution in [2.75, 3.05) is 25.1 Å². The number of nitrogens with one attached hydrogen (secondary N) is 1. The van der Waals surface area contributed by atoms with Gasteiger partial charge in [0.25, 0.3) is 5.91 Å². The van der Waals surface area contributed by atoms with E-state index >= 15 is 0 Å². The summed E-state index contributed by atoms with van der Waals surface area (Å²) < 4.78 is 14.7. The molecule has 2 rings (SSSR count). The Hall–Kier alpha value is -2.72. The molecule has 0 aliphatic carbocycles. The van der Waals surface area contributed by atoms with E-state index in [9.17, 15) is 9.59 Å². The van der Waals surface area contributed by atoms with Crippen LogP contribution in [-0.4, -0.2) is 31.7 Å². The van der Waals surface area contributed by atoms with E-state index in [-0.39, 0.29) is 17.4 Å². The summed E-state index contributed by atoms with van der Waals surface area (Å²) in [5.41, 5.74) is 0.689. The van der Waals surface area contributed by atoms with Gasteiger partial charge in [-0.05, 0) is 18.2 Å². The number of ether oxygens (including phenoxy) is 3. The number of nitriles is 1. The fraction of sp³-hybridized carbons (Fsp3) is 0.214. The predicted octanol–water partition coefficient (Wildman–Crippen LogP) is 1.58. The summed E-state index contributed by atoms with van der Waals surface area (Å²) in [6.07, 6.45) is 1.14. The Morgan fingerprint density at radius 2 is 2.23 bits per heavy atom. The molecule has 1 aliphatic heterocycles. The number of amides is 1. The Balaban J connectivity index is 1.85. The average molecular weight is 323 g/mol. The number of anilines is 1. The van der Waals surface area contributed by atoms with Gasteiger partial charge in [0, 0.05) is 5.69 Å². The molecule has 1 heterocycles. The Morgan fingerprint density at radius 1 is 1.41 bits per heavy atom. The van der Waals surface area contributed by atoms with E-state index in [0.29, 0.717) is 17.9 Å². The quantitative estimate of drug-likeness (QED) is 0.845. The van der Waals surface area contributed by atoms with Crippen molar-refractivity contribution in [3.8, 4) is 6.07 Å². The lowest BCUT2D eigenvalue weighted by Gasteiger charge is -2.14. The largest absolute Gasteiger partial charge is 0.493 e. The minimum Gasteiger partial charge on any atom is -0.493 e. The number of hydrogen-bond acceptors (Lipinski definition) is 6. The van der Waals surface area contributed by atoms with Crippen LogP contribution >= 0.6 is 11.6 Å². The molecule has 114 valence electrons. The van der Waals surface area contributed by atoms with Crippen LogP contribution in [0.1, 0.15) is 5.56 Å². The molecule has 0 atom stereocenters. The molecular weight excluding hydrogens is 312 g/mol. The topological polar surface area (TPSA) is 97.7 Å². The molecule has 0 bridgehead atoms. The molecule has 1 aromatic rings. The summed E-state index contributed by atoms with van der Waals surface area (Å²) in [6, 6.07) is 6.33. The number of nitrogens with zero attached hydrogens (tertiary/aromatic N) is 1. The summed E-state index contributed by atoms with van der Waals surface area (Å²) >= 11 is 5.84. The van der Waals surface area contributed by atoms with Gasteiger partial charge >= 0.3 is 5.97 Å². The monoisotopic (exact) mass is 322 g/mol. The van der Waals surface area contributed by atoms with Gasteiger partial charge in [-0.25, -0.2) is 4.79 Å². The molecule has 0 radical (unpaired) electrons. The molecular formula is C14H11ClN2O5. The Kier molecular flexibility index (Phi) is 5.22. The molecule has 1 N–H and O–H groups in total. The molecule has 7 nitrogen and oxygen atoms in total. The van der Waals surface area contributed by atoms with Crippen molar-refractivity contribution >= 4 is 29.2 Å². The van der Waals surface area contributed by atoms with Crippen LogP contribution in [0.2, 0.25) is 5.02 Å². The van der Waals surface area contributed by atoms with Gasteiger partial charge in [0.2, 0.25) is 5.76 Å². The zero-order chi connectivity index (χ0) is 15.9. The normalized spacial score (nSPS) is 13.0. The molecule has 1 aliphatic rings. The molecule has 8 heteroatoms. The van der Waals surface area contributed by atoms with Crippen molar-refractivity contribution in [2.24, 2.45) is 0 Å². The van der Waals surface area contributed by atoms with Gasteiger partial charge in [0.05, 0.1) is 10.6 Å². The maximum Gasteiger partial charge on any atom is 0.377 e. The standard InChI is InChI=1S/C14H11ClN2O5/c15-11-5-10(2-1-9(11)6-16)17-13(18)8-22-14(19)12-7-20-3-4-21-12/h1-2,5,7H,3-4,8H2,(H,17,18). The summed E-state index contributed by atoms with van der Waals surface area (Å²) in [7, 11) is 0. The van der Waals surface area contributed by atoms with Crippen molar-refractivity contribution < 1.29 is 23.8 Å². The Labute approximate surface area is 131 Å². The third-order valence-electron chi connectivity index (χ3n) is 2.56. The van der Waals surface area contributed by atoms with Crippen LogP contribution in [-0.2, 0) is 23.8 Å². The van der Waals surface area contributed by atoms with Gasteiger partial charge in [-0.2, -0.15) is 5.26 Å². The molecule has 0 aromatic heterocycles. The highest BCUT2D eigenvalue weighted by atomic mass is 35.5. The molecule has 0 fully saturated rings. The van der Waals surface area contributed by atoms with E-state index in [1.807, 2.05) is 6.07 Å². The lowest BCUT2D eigenvalue weighted by atomic mass is 10.2. The fourth-order valence-electron chi connectivity index (χ4n) is 1.56. The molecule has 22 heavy (non-hydrogen) atoms. The molecule has 1 amide bonds. The minimum absolute atomic E-state index is 0.0829. The number of halogens is 1. The predicted molar refractivity (Wildman–Crippen MR) is 75.7 cm³/mol. The van der Waals surface area contributed by atoms with Crippen LogP contribution in [0, 0.1) is 11.3 Å². The smallest absolute Gasteiger partial charge is 0.377 e. The van der Waals surface area contributed by atoms with Crippen LogP contribution < -0.4 is 5.32 Å². The highest BCUT2D eigenvalue weighted by Gasteiger charge is 2.18.